The number of rotatable bonds is 3. The summed E-state index contributed by atoms with van der Waals surface area (Å²) in [4.78, 5) is 14.1. The standard InChI is InChI=1S/C14H19BrN2O2.ClH/c1-17(10-11-3-2-4-12(15)9-11)13(18)14(16)5-7-19-8-6-14;/h2-4,9H,5-8,10,16H2,1H3;1H. The number of hydrogen-bond acceptors (Lipinski definition) is 3. The lowest BCUT2D eigenvalue weighted by Gasteiger charge is -2.35. The van der Waals surface area contributed by atoms with Crippen molar-refractivity contribution in [1.29, 1.82) is 0 Å². The van der Waals surface area contributed by atoms with E-state index in [0.717, 1.165) is 10.0 Å². The molecule has 112 valence electrons. The topological polar surface area (TPSA) is 55.6 Å². The summed E-state index contributed by atoms with van der Waals surface area (Å²) >= 11 is 3.43. The van der Waals surface area contributed by atoms with Gasteiger partial charge in [-0.2, -0.15) is 0 Å². The van der Waals surface area contributed by atoms with Crippen LogP contribution in [0.4, 0.5) is 0 Å². The minimum absolute atomic E-state index is 0. The molecule has 0 aliphatic carbocycles. The molecule has 0 saturated carbocycles. The molecule has 1 aromatic carbocycles. The number of halogens is 2. The molecule has 0 aromatic heterocycles. The zero-order valence-corrected chi connectivity index (χ0v) is 13.9. The number of carbonyl (C=O) groups is 1. The van der Waals surface area contributed by atoms with Crippen LogP contribution in [0.2, 0.25) is 0 Å². The molecule has 2 rings (SSSR count). The third-order valence-electron chi connectivity index (χ3n) is 3.47. The minimum atomic E-state index is -0.765. The molecule has 1 amide bonds. The highest BCUT2D eigenvalue weighted by molar-refractivity contribution is 9.10. The van der Waals surface area contributed by atoms with Crippen molar-refractivity contribution in [2.24, 2.45) is 5.73 Å². The van der Waals surface area contributed by atoms with Gasteiger partial charge in [0, 0.05) is 31.3 Å². The average molecular weight is 364 g/mol. The Labute approximate surface area is 134 Å². The fourth-order valence-corrected chi connectivity index (χ4v) is 2.76. The van der Waals surface area contributed by atoms with E-state index in [0.29, 0.717) is 32.6 Å². The highest BCUT2D eigenvalue weighted by atomic mass is 79.9. The lowest BCUT2D eigenvalue weighted by molar-refractivity contribution is -0.139. The third kappa shape index (κ3) is 4.19. The number of ether oxygens (including phenoxy) is 1. The Morgan fingerprint density at radius 1 is 1.45 bits per heavy atom. The first-order chi connectivity index (χ1) is 9.01. The highest BCUT2D eigenvalue weighted by Gasteiger charge is 2.37. The van der Waals surface area contributed by atoms with Crippen molar-refractivity contribution in [3.05, 3.63) is 34.3 Å². The SMILES string of the molecule is CN(Cc1cccc(Br)c1)C(=O)C1(N)CCOCC1.Cl. The molecule has 1 aliphatic rings. The van der Waals surface area contributed by atoms with Gasteiger partial charge in [0.05, 0.1) is 5.54 Å². The fourth-order valence-electron chi connectivity index (χ4n) is 2.31. The van der Waals surface area contributed by atoms with Gasteiger partial charge in [-0.05, 0) is 30.5 Å². The van der Waals surface area contributed by atoms with E-state index in [4.69, 9.17) is 10.5 Å². The molecule has 0 spiro atoms. The summed E-state index contributed by atoms with van der Waals surface area (Å²) in [7, 11) is 1.80. The third-order valence-corrected chi connectivity index (χ3v) is 3.96. The van der Waals surface area contributed by atoms with Crippen LogP contribution in [0.5, 0.6) is 0 Å². The minimum Gasteiger partial charge on any atom is -0.381 e. The molecule has 1 fully saturated rings. The van der Waals surface area contributed by atoms with E-state index >= 15 is 0 Å². The van der Waals surface area contributed by atoms with Gasteiger partial charge in [-0.25, -0.2) is 0 Å². The quantitative estimate of drug-likeness (QED) is 0.897. The van der Waals surface area contributed by atoms with Crippen LogP contribution in [0.1, 0.15) is 18.4 Å². The Morgan fingerprint density at radius 3 is 2.70 bits per heavy atom. The molecular formula is C14H20BrClN2O2. The Bertz CT molecular complexity index is 464. The van der Waals surface area contributed by atoms with Gasteiger partial charge >= 0.3 is 0 Å². The largest absolute Gasteiger partial charge is 0.381 e. The molecule has 1 saturated heterocycles. The first-order valence-electron chi connectivity index (χ1n) is 6.38. The summed E-state index contributed by atoms with van der Waals surface area (Å²) in [6.07, 6.45) is 1.18. The Kier molecular flexibility index (Phi) is 6.45. The van der Waals surface area contributed by atoms with Crippen molar-refractivity contribution in [2.45, 2.75) is 24.9 Å². The van der Waals surface area contributed by atoms with Gasteiger partial charge < -0.3 is 15.4 Å². The molecular weight excluding hydrogens is 344 g/mol. The lowest BCUT2D eigenvalue weighted by Crippen LogP contribution is -2.57. The maximum Gasteiger partial charge on any atom is 0.242 e. The lowest BCUT2D eigenvalue weighted by atomic mass is 9.89. The van der Waals surface area contributed by atoms with Crippen LogP contribution >= 0.6 is 28.3 Å². The van der Waals surface area contributed by atoms with Gasteiger partial charge in [0.15, 0.2) is 0 Å². The predicted octanol–water partition coefficient (Wildman–Crippen LogP) is 2.34. The second-order valence-electron chi connectivity index (χ2n) is 5.06. The van der Waals surface area contributed by atoms with Crippen LogP contribution in [0.3, 0.4) is 0 Å². The van der Waals surface area contributed by atoms with Gasteiger partial charge in [0.1, 0.15) is 0 Å². The molecule has 0 unspecified atom stereocenters. The summed E-state index contributed by atoms with van der Waals surface area (Å²) < 4.78 is 6.29. The molecule has 2 N–H and O–H groups in total. The zero-order chi connectivity index (χ0) is 13.9. The van der Waals surface area contributed by atoms with Crippen LogP contribution in [-0.4, -0.2) is 36.6 Å². The molecule has 0 bridgehead atoms. The van der Waals surface area contributed by atoms with E-state index in [-0.39, 0.29) is 18.3 Å². The van der Waals surface area contributed by atoms with Gasteiger partial charge in [-0.3, -0.25) is 4.79 Å². The molecule has 1 heterocycles. The Hall–Kier alpha value is -0.620. The van der Waals surface area contributed by atoms with Crippen molar-refractivity contribution in [1.82, 2.24) is 4.90 Å². The van der Waals surface area contributed by atoms with Crippen molar-refractivity contribution >= 4 is 34.2 Å². The number of amides is 1. The fraction of sp³-hybridized carbons (Fsp3) is 0.500. The van der Waals surface area contributed by atoms with Gasteiger partial charge in [-0.1, -0.05) is 28.1 Å². The van der Waals surface area contributed by atoms with E-state index in [1.165, 1.54) is 0 Å². The second-order valence-corrected chi connectivity index (χ2v) is 5.98. The molecule has 0 radical (unpaired) electrons. The predicted molar refractivity (Wildman–Crippen MR) is 84.8 cm³/mol. The first-order valence-corrected chi connectivity index (χ1v) is 7.17. The first kappa shape index (κ1) is 17.4. The Morgan fingerprint density at radius 2 is 2.10 bits per heavy atom. The summed E-state index contributed by atoms with van der Waals surface area (Å²) in [5.74, 6) is -0.00391. The summed E-state index contributed by atoms with van der Waals surface area (Å²) in [5, 5.41) is 0. The summed E-state index contributed by atoms with van der Waals surface area (Å²) in [6.45, 7) is 1.69. The molecule has 20 heavy (non-hydrogen) atoms. The number of hydrogen-bond donors (Lipinski definition) is 1. The molecule has 4 nitrogen and oxygen atoms in total. The maximum absolute atomic E-state index is 12.4. The number of nitrogens with two attached hydrogens (primary N) is 1. The maximum atomic E-state index is 12.4. The normalized spacial score (nSPS) is 17.1. The number of nitrogens with zero attached hydrogens (tertiary/aromatic N) is 1. The average Bonchev–Trinajstić information content (AvgIpc) is 2.38. The van der Waals surface area contributed by atoms with Crippen molar-refractivity contribution < 1.29 is 9.53 Å². The van der Waals surface area contributed by atoms with E-state index in [2.05, 4.69) is 15.9 Å². The second kappa shape index (κ2) is 7.41. The molecule has 1 aromatic rings. The van der Waals surface area contributed by atoms with Crippen LogP contribution < -0.4 is 5.73 Å². The highest BCUT2D eigenvalue weighted by Crippen LogP contribution is 2.21. The summed E-state index contributed by atoms with van der Waals surface area (Å²) in [6, 6.07) is 7.94. The zero-order valence-electron chi connectivity index (χ0n) is 11.5. The van der Waals surface area contributed by atoms with Crippen molar-refractivity contribution in [2.75, 3.05) is 20.3 Å². The Balaban J connectivity index is 0.00000200. The van der Waals surface area contributed by atoms with Crippen LogP contribution in [0.25, 0.3) is 0 Å². The smallest absolute Gasteiger partial charge is 0.242 e. The molecule has 1 aliphatic heterocycles. The molecule has 6 heteroatoms. The van der Waals surface area contributed by atoms with Crippen molar-refractivity contribution in [3.63, 3.8) is 0 Å². The van der Waals surface area contributed by atoms with Gasteiger partial charge in [-0.15, -0.1) is 12.4 Å². The van der Waals surface area contributed by atoms with Crippen LogP contribution in [0, 0.1) is 0 Å². The number of carbonyl (C=O) groups excluding carboxylic acids is 1. The number of likely N-dealkylation sites (N-methyl/N-ethyl adjacent to an activating group) is 1. The van der Waals surface area contributed by atoms with Crippen LogP contribution in [0.15, 0.2) is 28.7 Å². The van der Waals surface area contributed by atoms with E-state index < -0.39 is 5.54 Å². The van der Waals surface area contributed by atoms with E-state index in [1.807, 2.05) is 24.3 Å². The van der Waals surface area contributed by atoms with E-state index in [9.17, 15) is 4.79 Å². The summed E-state index contributed by atoms with van der Waals surface area (Å²) in [5.41, 5.74) is 6.53. The molecule has 0 atom stereocenters. The number of benzene rings is 1. The van der Waals surface area contributed by atoms with Gasteiger partial charge in [0.25, 0.3) is 0 Å². The van der Waals surface area contributed by atoms with E-state index in [1.54, 1.807) is 11.9 Å². The van der Waals surface area contributed by atoms with Gasteiger partial charge in [0.2, 0.25) is 5.91 Å². The monoisotopic (exact) mass is 362 g/mol. The van der Waals surface area contributed by atoms with Crippen LogP contribution in [-0.2, 0) is 16.1 Å². The van der Waals surface area contributed by atoms with Crippen molar-refractivity contribution in [3.8, 4) is 0 Å².